The van der Waals surface area contributed by atoms with Crippen molar-refractivity contribution in [2.75, 3.05) is 6.54 Å². The monoisotopic (exact) mass is 232 g/mol. The first-order valence-electron chi connectivity index (χ1n) is 6.07. The highest BCUT2D eigenvalue weighted by molar-refractivity contribution is 5.81. The molecule has 0 spiro atoms. The summed E-state index contributed by atoms with van der Waals surface area (Å²) in [4.78, 5) is 0. The third kappa shape index (κ3) is 2.65. The molecular weight excluding hydrogens is 212 g/mol. The van der Waals surface area contributed by atoms with Crippen molar-refractivity contribution >= 4 is 10.9 Å². The van der Waals surface area contributed by atoms with Crippen molar-refractivity contribution < 1.29 is 0 Å². The third-order valence-electron chi connectivity index (χ3n) is 3.14. The van der Waals surface area contributed by atoms with Crippen LogP contribution in [-0.2, 0) is 6.54 Å². The van der Waals surface area contributed by atoms with Crippen LogP contribution in [0.25, 0.3) is 10.9 Å². The first kappa shape index (κ1) is 12.1. The number of aromatic amines is 1. The van der Waals surface area contributed by atoms with E-state index in [1.54, 1.807) is 0 Å². The minimum absolute atomic E-state index is 0.345. The molecule has 0 aliphatic heterocycles. The Morgan fingerprint density at radius 2 is 2.12 bits per heavy atom. The van der Waals surface area contributed by atoms with E-state index in [0.29, 0.717) is 18.5 Å². The van der Waals surface area contributed by atoms with E-state index in [1.807, 2.05) is 18.2 Å². The average Bonchev–Trinajstić information content (AvgIpc) is 2.73. The van der Waals surface area contributed by atoms with Crippen molar-refractivity contribution in [1.82, 2.24) is 15.5 Å². The van der Waals surface area contributed by atoms with Gasteiger partial charge in [-0.3, -0.25) is 5.10 Å². The van der Waals surface area contributed by atoms with Gasteiger partial charge in [0.05, 0.1) is 11.2 Å². The SMILES string of the molecule is CC(C)C(CN)NCc1[nH]nc2ccccc12. The second-order valence-electron chi connectivity index (χ2n) is 4.69. The second kappa shape index (κ2) is 5.29. The van der Waals surface area contributed by atoms with Crippen LogP contribution in [-0.4, -0.2) is 22.8 Å². The Balaban J connectivity index is 2.08. The van der Waals surface area contributed by atoms with Crippen LogP contribution in [0.2, 0.25) is 0 Å². The maximum atomic E-state index is 5.74. The Morgan fingerprint density at radius 1 is 1.35 bits per heavy atom. The van der Waals surface area contributed by atoms with E-state index in [-0.39, 0.29) is 0 Å². The number of nitrogens with one attached hydrogen (secondary N) is 2. The minimum atomic E-state index is 0.345. The van der Waals surface area contributed by atoms with Gasteiger partial charge in [-0.25, -0.2) is 0 Å². The van der Waals surface area contributed by atoms with Gasteiger partial charge in [-0.05, 0) is 12.0 Å². The highest BCUT2D eigenvalue weighted by Gasteiger charge is 2.11. The Labute approximate surface area is 102 Å². The maximum Gasteiger partial charge on any atom is 0.0924 e. The lowest BCUT2D eigenvalue weighted by atomic mass is 10.0. The molecular formula is C13H20N4. The third-order valence-corrected chi connectivity index (χ3v) is 3.14. The molecule has 4 N–H and O–H groups in total. The van der Waals surface area contributed by atoms with Gasteiger partial charge in [0.25, 0.3) is 0 Å². The zero-order valence-electron chi connectivity index (χ0n) is 10.4. The van der Waals surface area contributed by atoms with Crippen molar-refractivity contribution in [2.45, 2.75) is 26.4 Å². The van der Waals surface area contributed by atoms with Gasteiger partial charge in [0.15, 0.2) is 0 Å². The van der Waals surface area contributed by atoms with Crippen molar-refractivity contribution in [3.63, 3.8) is 0 Å². The molecule has 4 heteroatoms. The lowest BCUT2D eigenvalue weighted by molar-refractivity contribution is 0.403. The number of nitrogens with zero attached hydrogens (tertiary/aromatic N) is 1. The molecule has 0 fully saturated rings. The van der Waals surface area contributed by atoms with Gasteiger partial charge in [-0.1, -0.05) is 32.0 Å². The van der Waals surface area contributed by atoms with Crippen molar-refractivity contribution in [3.8, 4) is 0 Å². The predicted molar refractivity (Wildman–Crippen MR) is 70.6 cm³/mol. The number of para-hydroxylation sites is 1. The van der Waals surface area contributed by atoms with E-state index in [2.05, 4.69) is 35.4 Å². The number of hydrogen-bond acceptors (Lipinski definition) is 3. The molecule has 0 aliphatic carbocycles. The lowest BCUT2D eigenvalue weighted by Gasteiger charge is -2.20. The van der Waals surface area contributed by atoms with E-state index >= 15 is 0 Å². The lowest BCUT2D eigenvalue weighted by Crippen LogP contribution is -2.39. The summed E-state index contributed by atoms with van der Waals surface area (Å²) in [5, 5.41) is 12.0. The van der Waals surface area contributed by atoms with Crippen LogP contribution in [0.4, 0.5) is 0 Å². The van der Waals surface area contributed by atoms with Crippen LogP contribution in [0.15, 0.2) is 24.3 Å². The van der Waals surface area contributed by atoms with E-state index in [0.717, 1.165) is 17.8 Å². The van der Waals surface area contributed by atoms with E-state index in [9.17, 15) is 0 Å². The molecule has 0 radical (unpaired) electrons. The van der Waals surface area contributed by atoms with Gasteiger partial charge < -0.3 is 11.1 Å². The number of rotatable bonds is 5. The second-order valence-corrected chi connectivity index (χ2v) is 4.69. The molecule has 1 atom stereocenters. The molecule has 17 heavy (non-hydrogen) atoms. The van der Waals surface area contributed by atoms with Gasteiger partial charge in [0.2, 0.25) is 0 Å². The zero-order chi connectivity index (χ0) is 12.3. The number of nitrogens with two attached hydrogens (primary N) is 1. The highest BCUT2D eigenvalue weighted by Crippen LogP contribution is 2.15. The standard InChI is InChI=1S/C13H20N4/c1-9(2)12(7-14)15-8-13-10-5-3-4-6-11(10)16-17-13/h3-6,9,12,15H,7-8,14H2,1-2H3,(H,16,17). The molecule has 92 valence electrons. The summed E-state index contributed by atoms with van der Waals surface area (Å²) in [5.41, 5.74) is 7.87. The topological polar surface area (TPSA) is 66.7 Å². The first-order valence-corrected chi connectivity index (χ1v) is 6.07. The Kier molecular flexibility index (Phi) is 3.76. The van der Waals surface area contributed by atoms with Crippen LogP contribution < -0.4 is 11.1 Å². The number of aromatic nitrogens is 2. The molecule has 1 aromatic carbocycles. The van der Waals surface area contributed by atoms with Crippen LogP contribution in [0.3, 0.4) is 0 Å². The van der Waals surface area contributed by atoms with Crippen molar-refractivity contribution in [3.05, 3.63) is 30.0 Å². The molecule has 4 nitrogen and oxygen atoms in total. The summed E-state index contributed by atoms with van der Waals surface area (Å²) < 4.78 is 0. The van der Waals surface area contributed by atoms with Gasteiger partial charge in [-0.15, -0.1) is 0 Å². The summed E-state index contributed by atoms with van der Waals surface area (Å²) in [6.07, 6.45) is 0. The fourth-order valence-corrected chi connectivity index (χ4v) is 1.97. The molecule has 2 aromatic rings. The van der Waals surface area contributed by atoms with Crippen LogP contribution in [0, 0.1) is 5.92 Å². The summed E-state index contributed by atoms with van der Waals surface area (Å²) in [7, 11) is 0. The number of hydrogen-bond donors (Lipinski definition) is 3. The van der Waals surface area contributed by atoms with Crippen molar-refractivity contribution in [1.29, 1.82) is 0 Å². The van der Waals surface area contributed by atoms with Gasteiger partial charge in [0.1, 0.15) is 0 Å². The zero-order valence-corrected chi connectivity index (χ0v) is 10.4. The molecule has 0 aliphatic rings. The molecule has 0 saturated carbocycles. The molecule has 2 rings (SSSR count). The highest BCUT2D eigenvalue weighted by atomic mass is 15.1. The number of H-pyrrole nitrogens is 1. The van der Waals surface area contributed by atoms with Crippen molar-refractivity contribution in [2.24, 2.45) is 11.7 Å². The largest absolute Gasteiger partial charge is 0.329 e. The Hall–Kier alpha value is -1.39. The first-order chi connectivity index (χ1) is 8.22. The number of benzene rings is 1. The Morgan fingerprint density at radius 3 is 2.82 bits per heavy atom. The van der Waals surface area contributed by atoms with Crippen LogP contribution in [0.5, 0.6) is 0 Å². The van der Waals surface area contributed by atoms with Gasteiger partial charge in [0, 0.05) is 24.5 Å². The molecule has 0 saturated heterocycles. The fourth-order valence-electron chi connectivity index (χ4n) is 1.97. The normalized spacial score (nSPS) is 13.4. The quantitative estimate of drug-likeness (QED) is 0.734. The smallest absolute Gasteiger partial charge is 0.0924 e. The number of fused-ring (bicyclic) bond motifs is 1. The molecule has 0 bridgehead atoms. The van der Waals surface area contributed by atoms with E-state index in [4.69, 9.17) is 5.73 Å². The molecule has 1 unspecified atom stereocenters. The van der Waals surface area contributed by atoms with Crippen LogP contribution in [0.1, 0.15) is 19.5 Å². The fraction of sp³-hybridized carbons (Fsp3) is 0.462. The van der Waals surface area contributed by atoms with Gasteiger partial charge in [-0.2, -0.15) is 5.10 Å². The summed E-state index contributed by atoms with van der Waals surface area (Å²) >= 11 is 0. The predicted octanol–water partition coefficient (Wildman–Crippen LogP) is 1.64. The summed E-state index contributed by atoms with van der Waals surface area (Å²) in [5.74, 6) is 0.536. The maximum absolute atomic E-state index is 5.74. The molecule has 1 heterocycles. The Bertz CT molecular complexity index is 475. The van der Waals surface area contributed by atoms with E-state index in [1.165, 1.54) is 5.39 Å². The van der Waals surface area contributed by atoms with Gasteiger partial charge >= 0.3 is 0 Å². The summed E-state index contributed by atoms with van der Waals surface area (Å²) in [6, 6.07) is 8.47. The molecule has 1 aromatic heterocycles. The minimum Gasteiger partial charge on any atom is -0.329 e. The molecule has 0 amide bonds. The van der Waals surface area contributed by atoms with Crippen LogP contribution >= 0.6 is 0 Å². The average molecular weight is 232 g/mol. The summed E-state index contributed by atoms with van der Waals surface area (Å²) in [6.45, 7) is 5.79. The van der Waals surface area contributed by atoms with E-state index < -0.39 is 0 Å².